The molecule has 2 aliphatic rings. The van der Waals surface area contributed by atoms with Gasteiger partial charge in [0.1, 0.15) is 0 Å². The van der Waals surface area contributed by atoms with Gasteiger partial charge in [0, 0.05) is 33.4 Å². The van der Waals surface area contributed by atoms with Crippen LogP contribution < -0.4 is 10.6 Å². The molecule has 2 fully saturated rings. The van der Waals surface area contributed by atoms with Gasteiger partial charge in [-0.05, 0) is 49.4 Å². The van der Waals surface area contributed by atoms with Crippen LogP contribution in [0.1, 0.15) is 46.0 Å². The first-order valence-corrected chi connectivity index (χ1v) is 8.18. The number of guanidine groups is 1. The highest BCUT2D eigenvalue weighted by Gasteiger charge is 2.53. The summed E-state index contributed by atoms with van der Waals surface area (Å²) >= 11 is 0. The van der Waals surface area contributed by atoms with E-state index in [1.807, 2.05) is 7.05 Å². The first-order valence-electron chi connectivity index (χ1n) is 8.18. The van der Waals surface area contributed by atoms with Crippen LogP contribution in [0, 0.1) is 17.3 Å². The molecule has 2 rings (SSSR count). The average Bonchev–Trinajstić information content (AvgIpc) is 3.27. The molecule has 2 aliphatic carbocycles. The zero-order valence-electron chi connectivity index (χ0n) is 13.4. The number of rotatable bonds is 9. The summed E-state index contributed by atoms with van der Waals surface area (Å²) in [7, 11) is 1.85. The van der Waals surface area contributed by atoms with E-state index >= 15 is 0 Å². The Morgan fingerprint density at radius 1 is 1.30 bits per heavy atom. The molecule has 0 radical (unpaired) electrons. The summed E-state index contributed by atoms with van der Waals surface area (Å²) in [6.45, 7) is 8.07. The van der Waals surface area contributed by atoms with Crippen molar-refractivity contribution in [1.29, 1.82) is 0 Å². The number of aliphatic imine (C=N–C) groups is 1. The predicted molar refractivity (Wildman–Crippen MR) is 84.0 cm³/mol. The summed E-state index contributed by atoms with van der Waals surface area (Å²) in [6, 6.07) is 0. The summed E-state index contributed by atoms with van der Waals surface area (Å²) in [6.07, 6.45) is 6.73. The van der Waals surface area contributed by atoms with E-state index in [9.17, 15) is 0 Å². The van der Waals surface area contributed by atoms with Crippen molar-refractivity contribution in [3.63, 3.8) is 0 Å². The third kappa shape index (κ3) is 4.97. The van der Waals surface area contributed by atoms with Crippen LogP contribution in [0.5, 0.6) is 0 Å². The molecule has 0 unspecified atom stereocenters. The van der Waals surface area contributed by atoms with E-state index in [1.54, 1.807) is 0 Å². The van der Waals surface area contributed by atoms with E-state index in [4.69, 9.17) is 4.74 Å². The van der Waals surface area contributed by atoms with Gasteiger partial charge in [0.2, 0.25) is 0 Å². The highest BCUT2D eigenvalue weighted by Crippen LogP contribution is 2.60. The lowest BCUT2D eigenvalue weighted by atomic mass is 10.0. The zero-order chi connectivity index (χ0) is 14.4. The van der Waals surface area contributed by atoms with Crippen molar-refractivity contribution >= 4 is 5.96 Å². The second-order valence-corrected chi connectivity index (χ2v) is 6.81. The van der Waals surface area contributed by atoms with Crippen LogP contribution >= 0.6 is 0 Å². The molecule has 0 aromatic carbocycles. The highest BCUT2D eigenvalue weighted by molar-refractivity contribution is 5.79. The summed E-state index contributed by atoms with van der Waals surface area (Å²) < 4.78 is 5.57. The zero-order valence-corrected chi connectivity index (χ0v) is 13.4. The van der Waals surface area contributed by atoms with E-state index in [0.717, 1.165) is 44.6 Å². The topological polar surface area (TPSA) is 45.7 Å². The van der Waals surface area contributed by atoms with Gasteiger partial charge < -0.3 is 15.4 Å². The Kier molecular flexibility index (Phi) is 5.70. The van der Waals surface area contributed by atoms with Gasteiger partial charge in [-0.15, -0.1) is 0 Å². The molecule has 4 nitrogen and oxygen atoms in total. The summed E-state index contributed by atoms with van der Waals surface area (Å²) in [5.41, 5.74) is 0.623. The highest BCUT2D eigenvalue weighted by atomic mass is 16.5. The number of ether oxygens (including phenoxy) is 1. The summed E-state index contributed by atoms with van der Waals surface area (Å²) in [5.74, 6) is 2.56. The average molecular weight is 281 g/mol. The fourth-order valence-corrected chi connectivity index (χ4v) is 2.77. The molecule has 2 saturated carbocycles. The molecule has 2 N–H and O–H groups in total. The maximum atomic E-state index is 5.57. The first kappa shape index (κ1) is 15.6. The second-order valence-electron chi connectivity index (χ2n) is 6.81. The van der Waals surface area contributed by atoms with Gasteiger partial charge in [-0.3, -0.25) is 4.99 Å². The monoisotopic (exact) mass is 281 g/mol. The Morgan fingerprint density at radius 2 is 2.05 bits per heavy atom. The molecule has 0 aliphatic heterocycles. The number of nitrogens with zero attached hydrogens (tertiary/aromatic N) is 1. The van der Waals surface area contributed by atoms with Crippen LogP contribution in [0.15, 0.2) is 4.99 Å². The summed E-state index contributed by atoms with van der Waals surface area (Å²) in [5, 5.41) is 6.88. The molecule has 0 bridgehead atoms. The Balaban J connectivity index is 1.52. The standard InChI is InChI=1S/C16H31N3O/c1-13(2)11-20-10-4-9-18-15(17-3)19-12-16(7-8-16)14-5-6-14/h13-14H,4-12H2,1-3H3,(H2,17,18,19). The predicted octanol–water partition coefficient (Wildman–Crippen LogP) is 2.40. The maximum Gasteiger partial charge on any atom is 0.190 e. The maximum absolute atomic E-state index is 5.57. The van der Waals surface area contributed by atoms with Crippen LogP contribution in [0.4, 0.5) is 0 Å². The molecule has 0 heterocycles. The molecule has 0 aromatic rings. The Morgan fingerprint density at radius 3 is 2.60 bits per heavy atom. The van der Waals surface area contributed by atoms with Gasteiger partial charge in [-0.2, -0.15) is 0 Å². The van der Waals surface area contributed by atoms with Crippen LogP contribution in [-0.2, 0) is 4.74 Å². The van der Waals surface area contributed by atoms with Crippen molar-refractivity contribution < 1.29 is 4.74 Å². The van der Waals surface area contributed by atoms with Crippen molar-refractivity contribution in [2.45, 2.75) is 46.0 Å². The van der Waals surface area contributed by atoms with Gasteiger partial charge in [-0.25, -0.2) is 0 Å². The van der Waals surface area contributed by atoms with Crippen molar-refractivity contribution in [2.75, 3.05) is 33.4 Å². The van der Waals surface area contributed by atoms with E-state index in [0.29, 0.717) is 11.3 Å². The smallest absolute Gasteiger partial charge is 0.190 e. The van der Waals surface area contributed by atoms with E-state index < -0.39 is 0 Å². The van der Waals surface area contributed by atoms with Crippen molar-refractivity contribution in [1.82, 2.24) is 10.6 Å². The SMILES string of the molecule is CN=C(NCCCOCC(C)C)NCC1(C2CC2)CC1. The minimum absolute atomic E-state index is 0.620. The van der Waals surface area contributed by atoms with Gasteiger partial charge in [-0.1, -0.05) is 13.8 Å². The van der Waals surface area contributed by atoms with Crippen LogP contribution in [-0.4, -0.2) is 39.3 Å². The number of hydrogen-bond donors (Lipinski definition) is 2. The molecule has 4 heteroatoms. The quantitative estimate of drug-likeness (QED) is 0.387. The first-order chi connectivity index (χ1) is 9.66. The van der Waals surface area contributed by atoms with Crippen LogP contribution in [0.3, 0.4) is 0 Å². The normalized spacial score (nSPS) is 21.1. The van der Waals surface area contributed by atoms with E-state index in [1.165, 1.54) is 25.7 Å². The third-order valence-corrected chi connectivity index (χ3v) is 4.38. The lowest BCUT2D eigenvalue weighted by Gasteiger charge is -2.18. The Bertz CT molecular complexity index is 320. The van der Waals surface area contributed by atoms with Gasteiger partial charge >= 0.3 is 0 Å². The molecule has 0 spiro atoms. The van der Waals surface area contributed by atoms with Crippen LogP contribution in [0.25, 0.3) is 0 Å². The molecule has 0 saturated heterocycles. The molecule has 0 amide bonds. The van der Waals surface area contributed by atoms with Gasteiger partial charge in [0.05, 0.1) is 0 Å². The van der Waals surface area contributed by atoms with Gasteiger partial charge in [0.15, 0.2) is 5.96 Å². The number of nitrogens with one attached hydrogen (secondary N) is 2. The molecule has 20 heavy (non-hydrogen) atoms. The van der Waals surface area contributed by atoms with Crippen molar-refractivity contribution in [3.8, 4) is 0 Å². The van der Waals surface area contributed by atoms with E-state index in [2.05, 4.69) is 29.5 Å². The van der Waals surface area contributed by atoms with Crippen LogP contribution in [0.2, 0.25) is 0 Å². The van der Waals surface area contributed by atoms with Crippen molar-refractivity contribution in [2.24, 2.45) is 22.2 Å². The lowest BCUT2D eigenvalue weighted by Crippen LogP contribution is -2.41. The van der Waals surface area contributed by atoms with Gasteiger partial charge in [0.25, 0.3) is 0 Å². The minimum atomic E-state index is 0.620. The molecular weight excluding hydrogens is 250 g/mol. The minimum Gasteiger partial charge on any atom is -0.381 e. The third-order valence-electron chi connectivity index (χ3n) is 4.38. The fourth-order valence-electron chi connectivity index (χ4n) is 2.77. The van der Waals surface area contributed by atoms with E-state index in [-0.39, 0.29) is 0 Å². The molecular formula is C16H31N3O. The fraction of sp³-hybridized carbons (Fsp3) is 0.938. The largest absolute Gasteiger partial charge is 0.381 e. The molecule has 0 aromatic heterocycles. The number of hydrogen-bond acceptors (Lipinski definition) is 2. The Hall–Kier alpha value is -0.770. The summed E-state index contributed by atoms with van der Waals surface area (Å²) in [4.78, 5) is 4.30. The molecule has 116 valence electrons. The Labute approximate surface area is 123 Å². The van der Waals surface area contributed by atoms with Crippen molar-refractivity contribution in [3.05, 3.63) is 0 Å². The lowest BCUT2D eigenvalue weighted by molar-refractivity contribution is 0.108. The second kappa shape index (κ2) is 7.30. The molecule has 0 atom stereocenters.